The van der Waals surface area contributed by atoms with Gasteiger partial charge < -0.3 is 4.74 Å². The minimum Gasteiger partial charge on any atom is -0.443 e. The lowest BCUT2D eigenvalue weighted by atomic mass is 10.1. The van der Waals surface area contributed by atoms with Gasteiger partial charge in [0.1, 0.15) is 5.60 Å². The molecule has 0 heterocycles. The Balaban J connectivity index is 3.64. The highest BCUT2D eigenvalue weighted by Crippen LogP contribution is 2.09. The highest BCUT2D eigenvalue weighted by atomic mass is 16.6. The van der Waals surface area contributed by atoms with Crippen LogP contribution in [0.25, 0.3) is 0 Å². The van der Waals surface area contributed by atoms with E-state index >= 15 is 0 Å². The summed E-state index contributed by atoms with van der Waals surface area (Å²) >= 11 is 0. The van der Waals surface area contributed by atoms with E-state index in [0.29, 0.717) is 6.54 Å². The van der Waals surface area contributed by atoms with Crippen molar-refractivity contribution in [2.75, 3.05) is 6.54 Å². The summed E-state index contributed by atoms with van der Waals surface area (Å²) in [5.41, 5.74) is -0.475. The molecule has 0 aliphatic rings. The smallest absolute Gasteiger partial charge is 0.424 e. The maximum absolute atomic E-state index is 11.5. The molecule has 4 nitrogen and oxygen atoms in total. The quantitative estimate of drug-likeness (QED) is 0.330. The number of amides is 1. The van der Waals surface area contributed by atoms with Crippen LogP contribution >= 0.6 is 0 Å². The molecule has 0 bridgehead atoms. The molecular weight excluding hydrogens is 204 g/mol. The van der Waals surface area contributed by atoms with E-state index in [0.717, 1.165) is 17.9 Å². The Hall–Kier alpha value is -0.770. The Morgan fingerprint density at radius 3 is 2.25 bits per heavy atom. The van der Waals surface area contributed by atoms with E-state index in [4.69, 9.17) is 10.6 Å². The van der Waals surface area contributed by atoms with Crippen LogP contribution < -0.4 is 5.84 Å². The first kappa shape index (κ1) is 15.2. The van der Waals surface area contributed by atoms with Crippen molar-refractivity contribution in [3.05, 3.63) is 0 Å². The SMILES string of the molecule is CCCCCCCN(N)C(=O)OC(C)(C)C. The van der Waals surface area contributed by atoms with Gasteiger partial charge in [-0.05, 0) is 27.2 Å². The molecule has 0 saturated heterocycles. The zero-order valence-electron chi connectivity index (χ0n) is 11.1. The van der Waals surface area contributed by atoms with Gasteiger partial charge in [0, 0.05) is 6.54 Å². The number of nitrogens with zero attached hydrogens (tertiary/aromatic N) is 1. The lowest BCUT2D eigenvalue weighted by Gasteiger charge is -2.24. The molecular formula is C12H26N2O2. The van der Waals surface area contributed by atoms with Crippen molar-refractivity contribution in [1.29, 1.82) is 0 Å². The summed E-state index contributed by atoms with van der Waals surface area (Å²) in [5, 5.41) is 1.16. The molecule has 0 spiro atoms. The molecule has 1 amide bonds. The summed E-state index contributed by atoms with van der Waals surface area (Å²) in [6.07, 6.45) is 5.29. The predicted octanol–water partition coefficient (Wildman–Crippen LogP) is 3.07. The molecule has 0 aromatic heterocycles. The molecule has 0 saturated carbocycles. The number of rotatable bonds is 6. The van der Waals surface area contributed by atoms with Gasteiger partial charge in [-0.15, -0.1) is 0 Å². The Labute approximate surface area is 99.1 Å². The van der Waals surface area contributed by atoms with Crippen LogP contribution in [0.1, 0.15) is 59.8 Å². The number of carbonyl (C=O) groups excluding carboxylic acids is 1. The number of nitrogens with two attached hydrogens (primary N) is 1. The second-order valence-corrected chi connectivity index (χ2v) is 5.09. The highest BCUT2D eigenvalue weighted by Gasteiger charge is 2.19. The van der Waals surface area contributed by atoms with Crippen molar-refractivity contribution in [2.24, 2.45) is 5.84 Å². The molecule has 0 aromatic rings. The lowest BCUT2D eigenvalue weighted by Crippen LogP contribution is -2.41. The number of unbranched alkanes of at least 4 members (excludes halogenated alkanes) is 4. The largest absolute Gasteiger partial charge is 0.443 e. The Morgan fingerprint density at radius 2 is 1.75 bits per heavy atom. The standard InChI is InChI=1S/C12H26N2O2/c1-5-6-7-8-9-10-14(13)11(15)16-12(2,3)4/h5-10,13H2,1-4H3. The van der Waals surface area contributed by atoms with Gasteiger partial charge in [-0.3, -0.25) is 0 Å². The molecule has 0 rings (SSSR count). The van der Waals surface area contributed by atoms with Crippen molar-refractivity contribution < 1.29 is 9.53 Å². The summed E-state index contributed by atoms with van der Waals surface area (Å²) in [4.78, 5) is 11.5. The normalized spacial score (nSPS) is 11.3. The summed E-state index contributed by atoms with van der Waals surface area (Å²) in [6, 6.07) is 0. The molecule has 0 radical (unpaired) electrons. The number of carbonyl (C=O) groups is 1. The number of hydrogen-bond acceptors (Lipinski definition) is 3. The molecule has 0 aliphatic heterocycles. The maximum Gasteiger partial charge on any atom is 0.424 e. The van der Waals surface area contributed by atoms with Gasteiger partial charge in [-0.1, -0.05) is 32.6 Å². The molecule has 0 fully saturated rings. The van der Waals surface area contributed by atoms with E-state index in [1.807, 2.05) is 20.8 Å². The molecule has 96 valence electrons. The minimum atomic E-state index is -0.475. The molecule has 0 aliphatic carbocycles. The van der Waals surface area contributed by atoms with Gasteiger partial charge >= 0.3 is 6.09 Å². The van der Waals surface area contributed by atoms with Crippen LogP contribution in [0.5, 0.6) is 0 Å². The van der Waals surface area contributed by atoms with E-state index < -0.39 is 11.7 Å². The first-order valence-electron chi connectivity index (χ1n) is 6.12. The average molecular weight is 230 g/mol. The van der Waals surface area contributed by atoms with Crippen molar-refractivity contribution in [1.82, 2.24) is 5.01 Å². The van der Waals surface area contributed by atoms with Gasteiger partial charge in [0.05, 0.1) is 0 Å². The van der Waals surface area contributed by atoms with Gasteiger partial charge in [-0.25, -0.2) is 15.6 Å². The summed E-state index contributed by atoms with van der Waals surface area (Å²) in [7, 11) is 0. The van der Waals surface area contributed by atoms with Crippen molar-refractivity contribution in [3.63, 3.8) is 0 Å². The van der Waals surface area contributed by atoms with E-state index in [1.54, 1.807) is 0 Å². The summed E-state index contributed by atoms with van der Waals surface area (Å²) < 4.78 is 5.14. The zero-order valence-corrected chi connectivity index (χ0v) is 11.1. The zero-order chi connectivity index (χ0) is 12.6. The average Bonchev–Trinajstić information content (AvgIpc) is 2.14. The van der Waals surface area contributed by atoms with E-state index in [2.05, 4.69) is 6.92 Å². The van der Waals surface area contributed by atoms with Crippen molar-refractivity contribution in [3.8, 4) is 0 Å². The van der Waals surface area contributed by atoms with Crippen LogP contribution in [0.3, 0.4) is 0 Å². The van der Waals surface area contributed by atoms with E-state index in [-0.39, 0.29) is 0 Å². The van der Waals surface area contributed by atoms with Crippen LogP contribution in [0.15, 0.2) is 0 Å². The van der Waals surface area contributed by atoms with Crippen LogP contribution in [0, 0.1) is 0 Å². The molecule has 0 atom stereocenters. The third-order valence-electron chi connectivity index (χ3n) is 2.13. The topological polar surface area (TPSA) is 55.6 Å². The lowest BCUT2D eigenvalue weighted by molar-refractivity contribution is 0.0244. The van der Waals surface area contributed by atoms with E-state index in [1.165, 1.54) is 19.3 Å². The van der Waals surface area contributed by atoms with Crippen LogP contribution in [0.4, 0.5) is 4.79 Å². The first-order valence-corrected chi connectivity index (χ1v) is 6.12. The molecule has 0 unspecified atom stereocenters. The Kier molecular flexibility index (Phi) is 7.13. The monoisotopic (exact) mass is 230 g/mol. The highest BCUT2D eigenvalue weighted by molar-refractivity contribution is 5.67. The Morgan fingerprint density at radius 1 is 1.19 bits per heavy atom. The van der Waals surface area contributed by atoms with Gasteiger partial charge in [0.2, 0.25) is 0 Å². The number of ether oxygens (including phenoxy) is 1. The van der Waals surface area contributed by atoms with Crippen LogP contribution in [-0.4, -0.2) is 23.2 Å². The molecule has 2 N–H and O–H groups in total. The second-order valence-electron chi connectivity index (χ2n) is 5.09. The van der Waals surface area contributed by atoms with Gasteiger partial charge in [-0.2, -0.15) is 0 Å². The number of hydrazine groups is 1. The summed E-state index contributed by atoms with van der Waals surface area (Å²) in [6.45, 7) is 8.24. The third-order valence-corrected chi connectivity index (χ3v) is 2.13. The Bertz CT molecular complexity index is 200. The second kappa shape index (κ2) is 7.49. The van der Waals surface area contributed by atoms with Crippen molar-refractivity contribution in [2.45, 2.75) is 65.4 Å². The van der Waals surface area contributed by atoms with Crippen LogP contribution in [-0.2, 0) is 4.74 Å². The molecule has 4 heteroatoms. The fourth-order valence-electron chi connectivity index (χ4n) is 1.30. The van der Waals surface area contributed by atoms with Gasteiger partial charge in [0.25, 0.3) is 0 Å². The van der Waals surface area contributed by atoms with Crippen LogP contribution in [0.2, 0.25) is 0 Å². The van der Waals surface area contributed by atoms with Gasteiger partial charge in [0.15, 0.2) is 0 Å². The fraction of sp³-hybridized carbons (Fsp3) is 0.917. The van der Waals surface area contributed by atoms with E-state index in [9.17, 15) is 4.79 Å². The fourth-order valence-corrected chi connectivity index (χ4v) is 1.30. The first-order chi connectivity index (χ1) is 7.37. The minimum absolute atomic E-state index is 0.442. The summed E-state index contributed by atoms with van der Waals surface area (Å²) in [5.74, 6) is 5.60. The third kappa shape index (κ3) is 8.53. The molecule has 16 heavy (non-hydrogen) atoms. The maximum atomic E-state index is 11.5. The number of hydrogen-bond donors (Lipinski definition) is 1. The predicted molar refractivity (Wildman–Crippen MR) is 65.9 cm³/mol. The molecule has 0 aromatic carbocycles. The van der Waals surface area contributed by atoms with Crippen molar-refractivity contribution >= 4 is 6.09 Å².